The van der Waals surface area contributed by atoms with E-state index in [0.717, 1.165) is 6.42 Å². The van der Waals surface area contributed by atoms with Gasteiger partial charge in [0.25, 0.3) is 0 Å². The molecule has 10 aromatic carbocycles. The van der Waals surface area contributed by atoms with Gasteiger partial charge in [-0.3, -0.25) is 0 Å². The first kappa shape index (κ1) is 97.8. The van der Waals surface area contributed by atoms with E-state index >= 15 is 0 Å². The quantitative estimate of drug-likeness (QED) is 0.156. The Balaban J connectivity index is 0.000000279. The Labute approximate surface area is 697 Å². The molecule has 0 aliphatic carbocycles. The van der Waals surface area contributed by atoms with Crippen molar-refractivity contribution >= 4 is 10.8 Å². The number of hydrogen-bond acceptors (Lipinski definition) is 0. The molecule has 0 nitrogen and oxygen atoms in total. The van der Waals surface area contributed by atoms with Crippen molar-refractivity contribution in [1.29, 1.82) is 0 Å². The summed E-state index contributed by atoms with van der Waals surface area (Å²) < 4.78 is 0. The minimum Gasteiger partial charge on any atom is -0.0620 e. The molecule has 0 aliphatic heterocycles. The molecule has 0 unspecified atom stereocenters. The van der Waals surface area contributed by atoms with E-state index < -0.39 is 0 Å². The fourth-order valence-corrected chi connectivity index (χ4v) is 13.4. The predicted octanol–water partition coefficient (Wildman–Crippen LogP) is 34.2. The molecule has 0 saturated carbocycles. The fourth-order valence-electron chi connectivity index (χ4n) is 13.4. The summed E-state index contributed by atoms with van der Waals surface area (Å²) in [6.45, 7) is 90.2. The minimum atomic E-state index is 0.214. The van der Waals surface area contributed by atoms with Crippen LogP contribution in [0.4, 0.5) is 0 Å². The topological polar surface area (TPSA) is 0 Å². The molecule has 0 aromatic heterocycles. The molecule has 0 N–H and O–H groups in total. The Kier molecular flexibility index (Phi) is 34.1. The first-order valence-electron chi connectivity index (χ1n) is 42.8. The minimum absolute atomic E-state index is 0.214. The van der Waals surface area contributed by atoms with Crippen molar-refractivity contribution in [3.05, 3.63) is 319 Å². The first-order valence-corrected chi connectivity index (χ1v) is 42.8. The average molecular weight is 1520 g/mol. The Morgan fingerprint density at radius 2 is 0.451 bits per heavy atom. The van der Waals surface area contributed by atoms with Crippen molar-refractivity contribution in [3.63, 3.8) is 0 Å². The average Bonchev–Trinajstić information content (AvgIpc) is 0.827. The lowest BCUT2D eigenvalue weighted by Gasteiger charge is -2.29. The van der Waals surface area contributed by atoms with Crippen molar-refractivity contribution in [2.75, 3.05) is 0 Å². The van der Waals surface area contributed by atoms with E-state index in [2.05, 4.69) is 501 Å². The maximum Gasteiger partial charge on any atom is -0.00258 e. The Hall–Kier alpha value is -7.54. The third kappa shape index (κ3) is 32.2. The lowest BCUT2D eigenvalue weighted by Crippen LogP contribution is -2.21. The molecule has 0 aliphatic rings. The summed E-state index contributed by atoms with van der Waals surface area (Å²) in [5, 5.41) is 2.69. The molecule has 0 fully saturated rings. The van der Waals surface area contributed by atoms with Crippen LogP contribution in [0.1, 0.15) is 382 Å². The van der Waals surface area contributed by atoms with E-state index in [1.54, 1.807) is 0 Å². The van der Waals surface area contributed by atoms with Gasteiger partial charge in [-0.25, -0.2) is 0 Å². The first-order chi connectivity index (χ1) is 51.4. The smallest absolute Gasteiger partial charge is 0.00258 e. The summed E-state index contributed by atoms with van der Waals surface area (Å²) in [6, 6.07) is 83.1. The SMILES string of the molecule is CC(C)(C)c1ccc(-c2ccc(C(C)(C)C)cc2)cc1.CC(C)(C)c1ccc(C(C)(C)C)cc1.CC(C)(C)c1ccc2ccc(C(C)(C)C)cc2c1.CC(C)(C)c1ccccc1C(C)(C)C.CC(C)c1ccc(Cc2ccc(C(C)C)cc2)cc1.CC(C)c1cccc(C(C)(C)C)c1.Cc1cc(C(C)(C)C)ccc1C(C)(C)C. The van der Waals surface area contributed by atoms with Gasteiger partial charge in [0.05, 0.1) is 0 Å². The molecule has 0 heterocycles. The van der Waals surface area contributed by atoms with Gasteiger partial charge in [0, 0.05) is 0 Å². The van der Waals surface area contributed by atoms with Crippen LogP contribution in [0.3, 0.4) is 0 Å². The third-order valence-electron chi connectivity index (χ3n) is 21.6. The van der Waals surface area contributed by atoms with Crippen LogP contribution in [0.5, 0.6) is 0 Å². The summed E-state index contributed by atoms with van der Waals surface area (Å²) in [5.74, 6) is 1.85. The van der Waals surface area contributed by atoms with Gasteiger partial charge in [0.1, 0.15) is 0 Å². The molecule has 10 rings (SSSR count). The summed E-state index contributed by atoms with van der Waals surface area (Å²) in [4.78, 5) is 0. The molecule has 614 valence electrons. The van der Waals surface area contributed by atoms with Gasteiger partial charge in [-0.2, -0.15) is 0 Å². The van der Waals surface area contributed by atoms with Crippen molar-refractivity contribution in [1.82, 2.24) is 0 Å². The number of benzene rings is 10. The van der Waals surface area contributed by atoms with Crippen LogP contribution in [-0.2, 0) is 66.0 Å². The van der Waals surface area contributed by atoms with E-state index in [1.165, 1.54) is 116 Å². The van der Waals surface area contributed by atoms with Gasteiger partial charge < -0.3 is 0 Å². The number of fused-ring (bicyclic) bond motifs is 1. The van der Waals surface area contributed by atoms with Gasteiger partial charge in [-0.15, -0.1) is 0 Å². The number of hydrogen-bond donors (Lipinski definition) is 0. The second-order valence-electron chi connectivity index (χ2n) is 44.6. The maximum atomic E-state index is 2.34. The molecular weight excluding hydrogens is 1360 g/mol. The third-order valence-corrected chi connectivity index (χ3v) is 21.6. The van der Waals surface area contributed by atoms with Crippen LogP contribution in [-0.4, -0.2) is 0 Å². The van der Waals surface area contributed by atoms with E-state index in [9.17, 15) is 0 Å². The molecule has 0 heteroatoms. The van der Waals surface area contributed by atoms with Crippen LogP contribution in [0.15, 0.2) is 224 Å². The molecule has 0 bridgehead atoms. The summed E-state index contributed by atoms with van der Waals surface area (Å²) >= 11 is 0. The lowest BCUT2D eigenvalue weighted by atomic mass is 9.75. The predicted molar refractivity (Wildman–Crippen MR) is 510 cm³/mol. The molecule has 0 atom stereocenters. The highest BCUT2D eigenvalue weighted by atomic mass is 14.3. The Bertz CT molecular complexity index is 4250. The zero-order chi connectivity index (χ0) is 86.2. The molecule has 0 saturated heterocycles. The van der Waals surface area contributed by atoms with Crippen LogP contribution >= 0.6 is 0 Å². The van der Waals surface area contributed by atoms with E-state index in [0.29, 0.717) is 17.8 Å². The largest absolute Gasteiger partial charge is 0.0620 e. The second-order valence-corrected chi connectivity index (χ2v) is 44.6. The van der Waals surface area contributed by atoms with Crippen LogP contribution in [0.2, 0.25) is 0 Å². The monoisotopic (exact) mass is 1520 g/mol. The van der Waals surface area contributed by atoms with Crippen molar-refractivity contribution < 1.29 is 0 Å². The zero-order valence-electron chi connectivity index (χ0n) is 79.8. The van der Waals surface area contributed by atoms with Crippen LogP contribution in [0, 0.1) is 6.92 Å². The van der Waals surface area contributed by atoms with E-state index in [-0.39, 0.29) is 59.6 Å². The zero-order valence-corrected chi connectivity index (χ0v) is 79.8. The van der Waals surface area contributed by atoms with Crippen LogP contribution in [0.25, 0.3) is 21.9 Å². The van der Waals surface area contributed by atoms with Crippen molar-refractivity contribution in [2.45, 2.75) is 361 Å². The highest BCUT2D eigenvalue weighted by molar-refractivity contribution is 5.84. The van der Waals surface area contributed by atoms with E-state index in [1.807, 2.05) is 0 Å². The lowest BCUT2D eigenvalue weighted by molar-refractivity contribution is 0.530. The van der Waals surface area contributed by atoms with E-state index in [4.69, 9.17) is 0 Å². The summed E-state index contributed by atoms with van der Waals surface area (Å²) in [6.07, 6.45) is 1.02. The summed E-state index contributed by atoms with van der Waals surface area (Å²) in [7, 11) is 0. The van der Waals surface area contributed by atoms with Crippen molar-refractivity contribution in [3.8, 4) is 11.1 Å². The molecular formula is C113H162. The van der Waals surface area contributed by atoms with Crippen molar-refractivity contribution in [2.24, 2.45) is 0 Å². The fraction of sp³-hybridized carbons (Fsp3) is 0.487. The number of rotatable bonds is 6. The molecule has 10 aromatic rings. The Morgan fingerprint density at radius 1 is 0.195 bits per heavy atom. The standard InChI is InChI=1S/C20H26.C19H24.C18H24.C15H24.2C14H22.C13H20/c1-19(2,3)17-11-7-15(8-12-17)16-9-13-18(14-10-16)20(4,5)6;1-14(2)18-9-5-16(6-10-18)13-17-7-11-19(12-8-17)15(3)4;1-17(2,3)15-9-7-13-8-10-16(18(4,5)6)12-14(13)11-15;1-11-10-12(14(2,3)4)8-9-13(11)15(5,6)7;1-13(2,3)11-7-9-12(10-8-11)14(4,5)6;1-13(2,3)11-9-7-8-10-12(11)14(4,5)6;1-10(2)11-7-6-8-12(9-11)13(3,4)5/h7-14H,1-6H3;5-12,14-15H,13H2,1-4H3;7-12H,1-6H3;8-10H,1-7H3;2*7-10H,1-6H3;6-10H,1-5H3. The molecule has 0 amide bonds. The van der Waals surface area contributed by atoms with Gasteiger partial charge >= 0.3 is 0 Å². The molecule has 0 spiro atoms. The maximum absolute atomic E-state index is 2.34. The van der Waals surface area contributed by atoms with Gasteiger partial charge in [0.2, 0.25) is 0 Å². The van der Waals surface area contributed by atoms with Gasteiger partial charge in [-0.1, -0.05) is 494 Å². The summed E-state index contributed by atoms with van der Waals surface area (Å²) in [5.41, 5.74) is 29.3. The number of aryl methyl sites for hydroxylation is 1. The normalized spacial score (nSPS) is 12.5. The Morgan fingerprint density at radius 3 is 0.717 bits per heavy atom. The molecule has 113 heavy (non-hydrogen) atoms. The highest BCUT2D eigenvalue weighted by Crippen LogP contribution is 2.37. The van der Waals surface area contributed by atoms with Gasteiger partial charge in [0.15, 0.2) is 0 Å². The molecule has 0 radical (unpaired) electrons. The van der Waals surface area contributed by atoms with Crippen LogP contribution < -0.4 is 0 Å². The highest BCUT2D eigenvalue weighted by Gasteiger charge is 2.26. The second kappa shape index (κ2) is 39.4. The van der Waals surface area contributed by atoms with Gasteiger partial charge in [-0.05, 0) is 207 Å².